The first kappa shape index (κ1) is 18.4. The summed E-state index contributed by atoms with van der Waals surface area (Å²) in [7, 11) is 2.15. The fourth-order valence-corrected chi connectivity index (χ4v) is 5.30. The van der Waals surface area contributed by atoms with E-state index in [1.165, 1.54) is 36.9 Å². The fourth-order valence-electron chi connectivity index (χ4n) is 5.30. The highest BCUT2D eigenvalue weighted by atomic mass is 16.5. The summed E-state index contributed by atoms with van der Waals surface area (Å²) in [5, 5.41) is 10.2. The number of aliphatic hydroxyl groups is 1. The quantitative estimate of drug-likeness (QED) is 0.790. The smallest absolute Gasteiger partial charge is 0.161 e. The fraction of sp³-hybridized carbons (Fsp3) is 0.667. The van der Waals surface area contributed by atoms with Gasteiger partial charge in [-0.15, -0.1) is 0 Å². The highest BCUT2D eigenvalue weighted by Crippen LogP contribution is 2.50. The molecule has 1 saturated heterocycles. The van der Waals surface area contributed by atoms with Crippen molar-refractivity contribution < 1.29 is 14.6 Å². The third-order valence-electron chi connectivity index (χ3n) is 7.26. The molecular formula is C24H33NO3. The van der Waals surface area contributed by atoms with Gasteiger partial charge < -0.3 is 19.5 Å². The Morgan fingerprint density at radius 1 is 1.07 bits per heavy atom. The number of allylic oxidation sites excluding steroid dienone is 1. The van der Waals surface area contributed by atoms with Gasteiger partial charge >= 0.3 is 0 Å². The van der Waals surface area contributed by atoms with Crippen LogP contribution in [0.3, 0.4) is 0 Å². The Kier molecular flexibility index (Phi) is 4.78. The van der Waals surface area contributed by atoms with Crippen molar-refractivity contribution in [3.8, 4) is 11.5 Å². The van der Waals surface area contributed by atoms with E-state index in [2.05, 4.69) is 36.2 Å². The first-order valence-corrected chi connectivity index (χ1v) is 11.2. The predicted octanol–water partition coefficient (Wildman–Crippen LogP) is 4.41. The molecule has 0 spiro atoms. The van der Waals surface area contributed by atoms with Gasteiger partial charge in [0.15, 0.2) is 11.5 Å². The zero-order chi connectivity index (χ0) is 19.1. The highest BCUT2D eigenvalue weighted by Gasteiger charge is 2.45. The molecule has 3 aliphatic carbocycles. The molecule has 1 aliphatic heterocycles. The normalized spacial score (nSPS) is 30.3. The average molecular weight is 384 g/mol. The van der Waals surface area contributed by atoms with Gasteiger partial charge in [0.1, 0.15) is 0 Å². The van der Waals surface area contributed by atoms with E-state index in [-0.39, 0.29) is 11.5 Å². The number of rotatable bonds is 6. The molecule has 0 radical (unpaired) electrons. The van der Waals surface area contributed by atoms with Gasteiger partial charge in [0.25, 0.3) is 0 Å². The standard InChI is InChI=1S/C24H33NO3/c1-25-13-12-24(11-10-19(26)15-23(24)25)18-8-9-21(27-16-17-6-7-17)22(14-18)28-20-4-2-3-5-20/h8-9,14-15,17,19-20,26H,2-7,10-13,16H2,1H3/t19-,24-/m0/s1. The van der Waals surface area contributed by atoms with Crippen LogP contribution in [0.4, 0.5) is 0 Å². The van der Waals surface area contributed by atoms with Gasteiger partial charge in [-0.25, -0.2) is 0 Å². The van der Waals surface area contributed by atoms with Crippen molar-refractivity contribution in [3.05, 3.63) is 35.5 Å². The van der Waals surface area contributed by atoms with Crippen LogP contribution in [0.1, 0.15) is 63.4 Å². The lowest BCUT2D eigenvalue weighted by atomic mass is 9.70. The summed E-state index contributed by atoms with van der Waals surface area (Å²) in [4.78, 5) is 2.32. The first-order valence-electron chi connectivity index (χ1n) is 11.2. The van der Waals surface area contributed by atoms with Gasteiger partial charge in [0.05, 0.1) is 18.8 Å². The summed E-state index contributed by atoms with van der Waals surface area (Å²) in [5.41, 5.74) is 2.61. The van der Waals surface area contributed by atoms with Crippen LogP contribution < -0.4 is 9.47 Å². The number of benzene rings is 1. The van der Waals surface area contributed by atoms with E-state index in [1.807, 2.05) is 0 Å². The van der Waals surface area contributed by atoms with Gasteiger partial charge in [0.2, 0.25) is 0 Å². The molecule has 4 aliphatic rings. The van der Waals surface area contributed by atoms with E-state index < -0.39 is 0 Å². The summed E-state index contributed by atoms with van der Waals surface area (Å²) < 4.78 is 12.6. The molecule has 1 aromatic rings. The minimum atomic E-state index is -0.320. The second-order valence-electron chi connectivity index (χ2n) is 9.35. The van der Waals surface area contributed by atoms with Crippen molar-refractivity contribution in [2.75, 3.05) is 20.2 Å². The van der Waals surface area contributed by atoms with E-state index in [0.29, 0.717) is 6.10 Å². The second kappa shape index (κ2) is 7.29. The van der Waals surface area contributed by atoms with Gasteiger partial charge in [-0.05, 0) is 87.5 Å². The molecule has 4 heteroatoms. The van der Waals surface area contributed by atoms with Crippen LogP contribution in [0.2, 0.25) is 0 Å². The molecule has 0 unspecified atom stereocenters. The third-order valence-corrected chi connectivity index (χ3v) is 7.26. The van der Waals surface area contributed by atoms with Gasteiger partial charge in [-0.3, -0.25) is 0 Å². The Morgan fingerprint density at radius 3 is 2.68 bits per heavy atom. The summed E-state index contributed by atoms with van der Waals surface area (Å²) in [6.45, 7) is 1.85. The predicted molar refractivity (Wildman–Crippen MR) is 110 cm³/mol. The van der Waals surface area contributed by atoms with Crippen LogP contribution in [0.15, 0.2) is 30.0 Å². The molecule has 1 N–H and O–H groups in total. The van der Waals surface area contributed by atoms with Crippen LogP contribution in [0.25, 0.3) is 0 Å². The van der Waals surface area contributed by atoms with Crippen LogP contribution in [-0.2, 0) is 5.41 Å². The molecule has 2 atom stereocenters. The van der Waals surface area contributed by atoms with E-state index in [0.717, 1.165) is 62.7 Å². The SMILES string of the molecule is CN1CC[C@]2(c3ccc(OCC4CC4)c(OC4CCCC4)c3)CC[C@H](O)C=C12. The lowest BCUT2D eigenvalue weighted by Gasteiger charge is -2.37. The van der Waals surface area contributed by atoms with Crippen molar-refractivity contribution in [1.82, 2.24) is 4.90 Å². The number of fused-ring (bicyclic) bond motifs is 1. The highest BCUT2D eigenvalue weighted by molar-refractivity contribution is 5.50. The number of likely N-dealkylation sites (tertiary alicyclic amines) is 1. The van der Waals surface area contributed by atoms with Crippen LogP contribution in [0, 0.1) is 5.92 Å². The molecule has 2 saturated carbocycles. The molecule has 1 heterocycles. The zero-order valence-corrected chi connectivity index (χ0v) is 17.0. The van der Waals surface area contributed by atoms with E-state index in [4.69, 9.17) is 9.47 Å². The van der Waals surface area contributed by atoms with E-state index >= 15 is 0 Å². The molecule has 1 aromatic carbocycles. The van der Waals surface area contributed by atoms with Crippen molar-refractivity contribution in [2.45, 2.75) is 75.4 Å². The first-order chi connectivity index (χ1) is 13.6. The Hall–Kier alpha value is -1.68. The van der Waals surface area contributed by atoms with Crippen LogP contribution >= 0.6 is 0 Å². The maximum Gasteiger partial charge on any atom is 0.161 e. The van der Waals surface area contributed by atoms with E-state index in [9.17, 15) is 5.11 Å². The lowest BCUT2D eigenvalue weighted by molar-refractivity contribution is 0.180. The molecule has 3 fully saturated rings. The molecule has 0 aromatic heterocycles. The lowest BCUT2D eigenvalue weighted by Crippen LogP contribution is -2.33. The molecule has 152 valence electrons. The topological polar surface area (TPSA) is 41.9 Å². The maximum atomic E-state index is 10.2. The number of likely N-dealkylation sites (N-methyl/N-ethyl adjacent to an activating group) is 1. The van der Waals surface area contributed by atoms with Gasteiger partial charge in [-0.2, -0.15) is 0 Å². The summed E-state index contributed by atoms with van der Waals surface area (Å²) >= 11 is 0. The summed E-state index contributed by atoms with van der Waals surface area (Å²) in [6, 6.07) is 6.64. The number of ether oxygens (including phenoxy) is 2. The Bertz CT molecular complexity index is 750. The Morgan fingerprint density at radius 2 is 1.89 bits per heavy atom. The number of hydrogen-bond donors (Lipinski definition) is 1. The third kappa shape index (κ3) is 3.41. The second-order valence-corrected chi connectivity index (χ2v) is 9.35. The largest absolute Gasteiger partial charge is 0.489 e. The molecule has 0 bridgehead atoms. The Balaban J connectivity index is 1.47. The van der Waals surface area contributed by atoms with Crippen molar-refractivity contribution >= 4 is 0 Å². The van der Waals surface area contributed by atoms with Crippen LogP contribution in [0.5, 0.6) is 11.5 Å². The molecule has 5 rings (SSSR count). The van der Waals surface area contributed by atoms with Crippen molar-refractivity contribution in [3.63, 3.8) is 0 Å². The average Bonchev–Trinajstić information content (AvgIpc) is 3.28. The monoisotopic (exact) mass is 383 g/mol. The maximum absolute atomic E-state index is 10.2. The molecule has 4 nitrogen and oxygen atoms in total. The minimum Gasteiger partial charge on any atom is -0.489 e. The Labute approximate surface area is 168 Å². The van der Waals surface area contributed by atoms with Gasteiger partial charge in [-0.1, -0.05) is 6.07 Å². The van der Waals surface area contributed by atoms with Crippen molar-refractivity contribution in [2.24, 2.45) is 5.92 Å². The van der Waals surface area contributed by atoms with Crippen molar-refractivity contribution in [1.29, 1.82) is 0 Å². The molecule has 28 heavy (non-hydrogen) atoms. The van der Waals surface area contributed by atoms with E-state index in [1.54, 1.807) is 0 Å². The minimum absolute atomic E-state index is 0.0107. The summed E-state index contributed by atoms with van der Waals surface area (Å²) in [5.74, 6) is 2.57. The number of aliphatic hydroxyl groups excluding tert-OH is 1. The zero-order valence-electron chi connectivity index (χ0n) is 17.0. The molecular weight excluding hydrogens is 350 g/mol. The molecule has 0 amide bonds. The number of hydrogen-bond acceptors (Lipinski definition) is 4. The van der Waals surface area contributed by atoms with Gasteiger partial charge in [0, 0.05) is 24.7 Å². The number of nitrogens with zero attached hydrogens (tertiary/aromatic N) is 1. The summed E-state index contributed by atoms with van der Waals surface area (Å²) in [6.07, 6.45) is 12.4. The van der Waals surface area contributed by atoms with Crippen LogP contribution in [-0.4, -0.2) is 42.4 Å².